The van der Waals surface area contributed by atoms with E-state index >= 15 is 0 Å². The van der Waals surface area contributed by atoms with Crippen LogP contribution in [0.4, 0.5) is 0 Å². The number of benzene rings is 1. The molecule has 108 valence electrons. The third-order valence-electron chi connectivity index (χ3n) is 2.98. The molecule has 2 atom stereocenters. The van der Waals surface area contributed by atoms with Gasteiger partial charge in [-0.3, -0.25) is 4.79 Å². The highest BCUT2D eigenvalue weighted by Gasteiger charge is 2.28. The van der Waals surface area contributed by atoms with Crippen molar-refractivity contribution < 1.29 is 28.9 Å². The molecule has 1 N–H and O–H groups in total. The van der Waals surface area contributed by atoms with E-state index in [1.165, 1.54) is 7.11 Å². The molecule has 20 heavy (non-hydrogen) atoms. The molecule has 1 heterocycles. The average molecular weight is 280 g/mol. The molecule has 0 aromatic heterocycles. The number of carbonyl (C=O) groups is 2. The van der Waals surface area contributed by atoms with Gasteiger partial charge < -0.3 is 19.3 Å². The Bertz CT molecular complexity index is 498. The first-order valence-corrected chi connectivity index (χ1v) is 6.26. The number of aliphatic hydroxyl groups is 1. The van der Waals surface area contributed by atoms with Crippen molar-refractivity contribution in [2.24, 2.45) is 0 Å². The van der Waals surface area contributed by atoms with Gasteiger partial charge in [0.25, 0.3) is 0 Å². The first-order valence-electron chi connectivity index (χ1n) is 6.26. The summed E-state index contributed by atoms with van der Waals surface area (Å²) >= 11 is 0. The standard InChI is InChI=1S/C14H16O6/c1-18-11-5-3-2-4-10(11)13(16)14(17)20-12-8-9(15)6-7-19-12/h2-5,12-13,16H,6-8H2,1H3. The Morgan fingerprint density at radius 1 is 1.45 bits per heavy atom. The van der Waals surface area contributed by atoms with Gasteiger partial charge in [0, 0.05) is 12.0 Å². The number of ether oxygens (including phenoxy) is 3. The zero-order valence-corrected chi connectivity index (χ0v) is 11.1. The third kappa shape index (κ3) is 3.34. The molecule has 1 aromatic rings. The van der Waals surface area contributed by atoms with Crippen molar-refractivity contribution in [1.29, 1.82) is 0 Å². The number of ketones is 1. The van der Waals surface area contributed by atoms with E-state index in [4.69, 9.17) is 14.2 Å². The minimum Gasteiger partial charge on any atom is -0.496 e. The fraction of sp³-hybridized carbons (Fsp3) is 0.429. The molecule has 0 aliphatic carbocycles. The molecule has 6 heteroatoms. The first kappa shape index (κ1) is 14.5. The van der Waals surface area contributed by atoms with Crippen LogP contribution in [0.3, 0.4) is 0 Å². The van der Waals surface area contributed by atoms with Crippen LogP contribution in [-0.4, -0.2) is 36.9 Å². The molecule has 0 saturated carbocycles. The van der Waals surface area contributed by atoms with Crippen molar-refractivity contribution in [3.63, 3.8) is 0 Å². The minimum atomic E-state index is -1.48. The molecular weight excluding hydrogens is 264 g/mol. The molecule has 0 radical (unpaired) electrons. The molecule has 6 nitrogen and oxygen atoms in total. The van der Waals surface area contributed by atoms with E-state index in [2.05, 4.69) is 0 Å². The summed E-state index contributed by atoms with van der Waals surface area (Å²) in [7, 11) is 1.44. The molecule has 1 aliphatic rings. The maximum atomic E-state index is 11.9. The third-order valence-corrected chi connectivity index (χ3v) is 2.98. The van der Waals surface area contributed by atoms with Crippen LogP contribution < -0.4 is 4.74 Å². The van der Waals surface area contributed by atoms with E-state index in [9.17, 15) is 14.7 Å². The lowest BCUT2D eigenvalue weighted by molar-refractivity contribution is -0.195. The van der Waals surface area contributed by atoms with Crippen molar-refractivity contribution in [1.82, 2.24) is 0 Å². The second-order valence-electron chi connectivity index (χ2n) is 4.37. The van der Waals surface area contributed by atoms with Gasteiger partial charge in [0.1, 0.15) is 11.5 Å². The Kier molecular flexibility index (Phi) is 4.70. The van der Waals surface area contributed by atoms with Crippen LogP contribution in [0, 0.1) is 0 Å². The van der Waals surface area contributed by atoms with Gasteiger partial charge in [0.2, 0.25) is 6.29 Å². The van der Waals surface area contributed by atoms with Gasteiger partial charge in [-0.15, -0.1) is 0 Å². The van der Waals surface area contributed by atoms with E-state index in [0.29, 0.717) is 17.7 Å². The summed E-state index contributed by atoms with van der Waals surface area (Å²) in [5, 5.41) is 10.0. The summed E-state index contributed by atoms with van der Waals surface area (Å²) < 4.78 is 15.2. The van der Waals surface area contributed by atoms with Crippen LogP contribution in [0.1, 0.15) is 24.5 Å². The van der Waals surface area contributed by atoms with E-state index < -0.39 is 18.4 Å². The summed E-state index contributed by atoms with van der Waals surface area (Å²) in [6.07, 6.45) is -2.06. The molecule has 1 aliphatic heterocycles. The summed E-state index contributed by atoms with van der Waals surface area (Å²) in [6, 6.07) is 6.60. The number of carbonyl (C=O) groups excluding carboxylic acids is 2. The maximum Gasteiger partial charge on any atom is 0.342 e. The Labute approximate surface area is 116 Å². The summed E-state index contributed by atoms with van der Waals surface area (Å²) in [5.74, 6) is -0.507. The summed E-state index contributed by atoms with van der Waals surface area (Å²) in [5.41, 5.74) is 0.308. The van der Waals surface area contributed by atoms with Crippen LogP contribution >= 0.6 is 0 Å². The summed E-state index contributed by atoms with van der Waals surface area (Å²) in [6.45, 7) is 0.224. The lowest BCUT2D eigenvalue weighted by atomic mass is 10.1. The van der Waals surface area contributed by atoms with Crippen molar-refractivity contribution in [3.8, 4) is 5.75 Å². The maximum absolute atomic E-state index is 11.9. The predicted octanol–water partition coefficient (Wildman–Crippen LogP) is 0.977. The fourth-order valence-electron chi connectivity index (χ4n) is 1.94. The first-order chi connectivity index (χ1) is 9.61. The quantitative estimate of drug-likeness (QED) is 0.828. The van der Waals surface area contributed by atoms with Gasteiger partial charge >= 0.3 is 5.97 Å². The van der Waals surface area contributed by atoms with Crippen LogP contribution in [0.25, 0.3) is 0 Å². The van der Waals surface area contributed by atoms with Crippen molar-refractivity contribution >= 4 is 11.8 Å². The number of hydrogen-bond donors (Lipinski definition) is 1. The lowest BCUT2D eigenvalue weighted by Crippen LogP contribution is -2.32. The number of aliphatic hydroxyl groups excluding tert-OH is 1. The Morgan fingerprint density at radius 2 is 2.20 bits per heavy atom. The average Bonchev–Trinajstić information content (AvgIpc) is 2.46. The molecule has 1 fully saturated rings. The number of hydrogen-bond acceptors (Lipinski definition) is 6. The summed E-state index contributed by atoms with van der Waals surface area (Å²) in [4.78, 5) is 23.1. The Balaban J connectivity index is 2.03. The molecule has 0 bridgehead atoms. The van der Waals surface area contributed by atoms with E-state index in [1.54, 1.807) is 24.3 Å². The van der Waals surface area contributed by atoms with Gasteiger partial charge in [0.15, 0.2) is 6.10 Å². The number of rotatable bonds is 4. The van der Waals surface area contributed by atoms with Gasteiger partial charge in [-0.1, -0.05) is 18.2 Å². The number of para-hydroxylation sites is 1. The molecule has 0 amide bonds. The van der Waals surface area contributed by atoms with E-state index in [0.717, 1.165) is 0 Å². The van der Waals surface area contributed by atoms with Crippen molar-refractivity contribution in [2.75, 3.05) is 13.7 Å². The smallest absolute Gasteiger partial charge is 0.342 e. The van der Waals surface area contributed by atoms with E-state index in [-0.39, 0.29) is 18.8 Å². The van der Waals surface area contributed by atoms with Crippen LogP contribution in [0.5, 0.6) is 5.75 Å². The van der Waals surface area contributed by atoms with Gasteiger partial charge in [-0.05, 0) is 6.07 Å². The molecule has 2 unspecified atom stereocenters. The topological polar surface area (TPSA) is 82.1 Å². The highest BCUT2D eigenvalue weighted by atomic mass is 16.7. The van der Waals surface area contributed by atoms with E-state index in [1.807, 2.05) is 0 Å². The highest BCUT2D eigenvalue weighted by molar-refractivity contribution is 5.81. The zero-order chi connectivity index (χ0) is 14.5. The van der Waals surface area contributed by atoms with Crippen molar-refractivity contribution in [2.45, 2.75) is 25.2 Å². The largest absolute Gasteiger partial charge is 0.496 e. The normalized spacial score (nSPS) is 20.3. The molecule has 2 rings (SSSR count). The van der Waals surface area contributed by atoms with Crippen LogP contribution in [0.15, 0.2) is 24.3 Å². The number of methoxy groups -OCH3 is 1. The van der Waals surface area contributed by atoms with Crippen molar-refractivity contribution in [3.05, 3.63) is 29.8 Å². The molecule has 1 aromatic carbocycles. The number of esters is 1. The SMILES string of the molecule is COc1ccccc1C(O)C(=O)OC1CC(=O)CCO1. The molecular formula is C14H16O6. The minimum absolute atomic E-state index is 0.0182. The van der Waals surface area contributed by atoms with Crippen LogP contribution in [-0.2, 0) is 19.1 Å². The predicted molar refractivity (Wildman–Crippen MR) is 68.0 cm³/mol. The van der Waals surface area contributed by atoms with Gasteiger partial charge in [0.05, 0.1) is 20.1 Å². The fourth-order valence-corrected chi connectivity index (χ4v) is 1.94. The number of Topliss-reactive ketones (excluding diaryl/α,β-unsaturated/α-hetero) is 1. The highest BCUT2D eigenvalue weighted by Crippen LogP contribution is 2.26. The van der Waals surface area contributed by atoms with Crippen LogP contribution in [0.2, 0.25) is 0 Å². The zero-order valence-electron chi connectivity index (χ0n) is 11.1. The Hall–Kier alpha value is -1.92. The lowest BCUT2D eigenvalue weighted by Gasteiger charge is -2.23. The van der Waals surface area contributed by atoms with Gasteiger partial charge in [-0.25, -0.2) is 4.79 Å². The molecule has 1 saturated heterocycles. The monoisotopic (exact) mass is 280 g/mol. The van der Waals surface area contributed by atoms with Gasteiger partial charge in [-0.2, -0.15) is 0 Å². The second kappa shape index (κ2) is 6.49. The molecule has 0 spiro atoms. The Morgan fingerprint density at radius 3 is 2.90 bits per heavy atom. The second-order valence-corrected chi connectivity index (χ2v) is 4.37.